The van der Waals surface area contributed by atoms with Gasteiger partial charge in [-0.15, -0.1) is 0 Å². The maximum Gasteiger partial charge on any atom is 0.227 e. The second-order valence-corrected chi connectivity index (χ2v) is 6.22. The monoisotopic (exact) mass is 323 g/mol. The minimum Gasteiger partial charge on any atom is -0.508 e. The number of amides is 1. The number of ketones is 1. The van der Waals surface area contributed by atoms with Crippen LogP contribution in [0.1, 0.15) is 35.2 Å². The Hall–Kier alpha value is -2.62. The molecule has 1 aliphatic heterocycles. The van der Waals surface area contributed by atoms with Crippen LogP contribution in [-0.4, -0.2) is 34.3 Å². The Morgan fingerprint density at radius 3 is 2.62 bits per heavy atom. The number of phenolic OH excluding ortho intramolecular Hbond substituents is 1. The number of aromatic hydroxyl groups is 1. The van der Waals surface area contributed by atoms with E-state index in [4.69, 9.17) is 0 Å². The lowest BCUT2D eigenvalue weighted by atomic mass is 10.0. The van der Waals surface area contributed by atoms with Crippen LogP contribution in [-0.2, 0) is 11.2 Å². The van der Waals surface area contributed by atoms with Crippen LogP contribution in [0.3, 0.4) is 0 Å². The number of likely N-dealkylation sites (tertiary alicyclic amines) is 1. The highest BCUT2D eigenvalue weighted by atomic mass is 16.3. The summed E-state index contributed by atoms with van der Waals surface area (Å²) in [6, 6.07) is 16.0. The van der Waals surface area contributed by atoms with Gasteiger partial charge < -0.3 is 10.0 Å². The van der Waals surface area contributed by atoms with Crippen molar-refractivity contribution in [2.45, 2.75) is 31.7 Å². The van der Waals surface area contributed by atoms with E-state index in [9.17, 15) is 14.7 Å². The first-order chi connectivity index (χ1) is 11.6. The molecule has 124 valence electrons. The predicted octanol–water partition coefficient (Wildman–Crippen LogP) is 3.20. The first-order valence-corrected chi connectivity index (χ1v) is 8.29. The molecule has 2 aromatic rings. The smallest absolute Gasteiger partial charge is 0.227 e. The van der Waals surface area contributed by atoms with Crippen molar-refractivity contribution in [3.05, 3.63) is 65.7 Å². The predicted molar refractivity (Wildman–Crippen MR) is 91.9 cm³/mol. The lowest BCUT2D eigenvalue weighted by molar-refractivity contribution is -0.131. The summed E-state index contributed by atoms with van der Waals surface area (Å²) in [6.45, 7) is 0.699. The highest BCUT2D eigenvalue weighted by Gasteiger charge is 2.30. The number of hydrogen-bond donors (Lipinski definition) is 1. The van der Waals surface area contributed by atoms with Crippen molar-refractivity contribution in [2.75, 3.05) is 6.54 Å². The summed E-state index contributed by atoms with van der Waals surface area (Å²) >= 11 is 0. The van der Waals surface area contributed by atoms with Crippen LogP contribution in [0.15, 0.2) is 54.6 Å². The molecule has 1 aliphatic rings. The molecule has 4 heteroatoms. The standard InChI is InChI=1S/C20H21NO3/c22-18-10-4-6-15(12-18)13-20(24)21-11-5-9-17(21)14-19(23)16-7-2-1-3-8-16/h1-4,6-8,10,12,17,22H,5,9,11,13-14H2. The zero-order valence-electron chi connectivity index (χ0n) is 13.5. The highest BCUT2D eigenvalue weighted by molar-refractivity contribution is 5.96. The largest absolute Gasteiger partial charge is 0.508 e. The molecule has 3 rings (SSSR count). The fourth-order valence-electron chi connectivity index (χ4n) is 3.27. The minimum absolute atomic E-state index is 0.0176. The van der Waals surface area contributed by atoms with E-state index in [0.717, 1.165) is 18.4 Å². The van der Waals surface area contributed by atoms with Crippen LogP contribution in [0.5, 0.6) is 5.75 Å². The molecule has 1 amide bonds. The third-order valence-corrected chi connectivity index (χ3v) is 4.48. The molecule has 0 spiro atoms. The van der Waals surface area contributed by atoms with Gasteiger partial charge in [0.15, 0.2) is 5.78 Å². The fourth-order valence-corrected chi connectivity index (χ4v) is 3.27. The van der Waals surface area contributed by atoms with Crippen LogP contribution in [0.2, 0.25) is 0 Å². The van der Waals surface area contributed by atoms with Gasteiger partial charge in [0.25, 0.3) is 0 Å². The molecule has 0 bridgehead atoms. The summed E-state index contributed by atoms with van der Waals surface area (Å²) in [4.78, 5) is 26.8. The van der Waals surface area contributed by atoms with E-state index in [1.807, 2.05) is 41.3 Å². The molecule has 1 atom stereocenters. The average Bonchev–Trinajstić information content (AvgIpc) is 3.04. The van der Waals surface area contributed by atoms with Crippen LogP contribution in [0.4, 0.5) is 0 Å². The van der Waals surface area contributed by atoms with Crippen molar-refractivity contribution < 1.29 is 14.7 Å². The maximum atomic E-state index is 12.6. The first kappa shape index (κ1) is 16.2. The van der Waals surface area contributed by atoms with Gasteiger partial charge in [-0.1, -0.05) is 42.5 Å². The van der Waals surface area contributed by atoms with E-state index in [1.54, 1.807) is 18.2 Å². The zero-order valence-corrected chi connectivity index (χ0v) is 13.5. The van der Waals surface area contributed by atoms with Gasteiger partial charge in [0, 0.05) is 24.6 Å². The second kappa shape index (κ2) is 7.30. The average molecular weight is 323 g/mol. The molecular formula is C20H21NO3. The summed E-state index contributed by atoms with van der Waals surface area (Å²) in [6.07, 6.45) is 2.42. The van der Waals surface area contributed by atoms with Gasteiger partial charge in [-0.25, -0.2) is 0 Å². The van der Waals surface area contributed by atoms with Crippen molar-refractivity contribution in [1.29, 1.82) is 0 Å². The number of hydrogen-bond acceptors (Lipinski definition) is 3. The number of phenols is 1. The summed E-state index contributed by atoms with van der Waals surface area (Å²) in [5.41, 5.74) is 1.49. The van der Waals surface area contributed by atoms with Crippen molar-refractivity contribution in [2.24, 2.45) is 0 Å². The fraction of sp³-hybridized carbons (Fsp3) is 0.300. The Bertz CT molecular complexity index is 727. The molecule has 0 aromatic heterocycles. The van der Waals surface area contributed by atoms with E-state index in [-0.39, 0.29) is 29.9 Å². The van der Waals surface area contributed by atoms with E-state index in [0.29, 0.717) is 18.5 Å². The van der Waals surface area contributed by atoms with Gasteiger partial charge in [0.05, 0.1) is 6.42 Å². The number of nitrogens with zero attached hydrogens (tertiary/aromatic N) is 1. The normalized spacial score (nSPS) is 17.0. The summed E-state index contributed by atoms with van der Waals surface area (Å²) in [7, 11) is 0. The van der Waals surface area contributed by atoms with Crippen LogP contribution in [0.25, 0.3) is 0 Å². The van der Waals surface area contributed by atoms with Gasteiger partial charge in [0.2, 0.25) is 5.91 Å². The number of rotatable bonds is 5. The van der Waals surface area contributed by atoms with Gasteiger partial charge in [0.1, 0.15) is 5.75 Å². The van der Waals surface area contributed by atoms with E-state index in [2.05, 4.69) is 0 Å². The number of benzene rings is 2. The van der Waals surface area contributed by atoms with Crippen molar-refractivity contribution >= 4 is 11.7 Å². The van der Waals surface area contributed by atoms with Gasteiger partial charge in [-0.2, -0.15) is 0 Å². The third kappa shape index (κ3) is 3.82. The Kier molecular flexibility index (Phi) is 4.94. The van der Waals surface area contributed by atoms with Gasteiger partial charge in [-0.05, 0) is 30.5 Å². The van der Waals surface area contributed by atoms with Gasteiger partial charge >= 0.3 is 0 Å². The summed E-state index contributed by atoms with van der Waals surface area (Å²) in [5, 5.41) is 9.52. The molecule has 0 aliphatic carbocycles. The molecule has 1 unspecified atom stereocenters. The molecule has 24 heavy (non-hydrogen) atoms. The van der Waals surface area contributed by atoms with Crippen LogP contribution >= 0.6 is 0 Å². The van der Waals surface area contributed by atoms with Crippen LogP contribution < -0.4 is 0 Å². The summed E-state index contributed by atoms with van der Waals surface area (Å²) in [5.74, 6) is 0.263. The van der Waals surface area contributed by atoms with E-state index in [1.165, 1.54) is 0 Å². The van der Waals surface area contributed by atoms with Crippen molar-refractivity contribution in [1.82, 2.24) is 4.90 Å². The highest BCUT2D eigenvalue weighted by Crippen LogP contribution is 2.23. The molecule has 2 aromatic carbocycles. The van der Waals surface area contributed by atoms with Crippen molar-refractivity contribution in [3.8, 4) is 5.75 Å². The van der Waals surface area contributed by atoms with Crippen molar-refractivity contribution in [3.63, 3.8) is 0 Å². The number of carbonyl (C=O) groups excluding carboxylic acids is 2. The van der Waals surface area contributed by atoms with E-state index >= 15 is 0 Å². The molecule has 1 heterocycles. The molecule has 0 radical (unpaired) electrons. The summed E-state index contributed by atoms with van der Waals surface area (Å²) < 4.78 is 0. The Morgan fingerprint density at radius 1 is 1.08 bits per heavy atom. The van der Waals surface area contributed by atoms with Crippen LogP contribution in [0, 0.1) is 0 Å². The Morgan fingerprint density at radius 2 is 1.88 bits per heavy atom. The SMILES string of the molecule is O=C(CC1CCCN1C(=O)Cc1cccc(O)c1)c1ccccc1. The molecule has 1 saturated heterocycles. The molecule has 1 N–H and O–H groups in total. The zero-order chi connectivity index (χ0) is 16.9. The molecular weight excluding hydrogens is 302 g/mol. The maximum absolute atomic E-state index is 12.6. The second-order valence-electron chi connectivity index (χ2n) is 6.22. The number of carbonyl (C=O) groups is 2. The number of Topliss-reactive ketones (excluding diaryl/α,β-unsaturated/α-hetero) is 1. The minimum atomic E-state index is -0.0254. The lowest BCUT2D eigenvalue weighted by Gasteiger charge is -2.24. The molecule has 1 fully saturated rings. The first-order valence-electron chi connectivity index (χ1n) is 8.29. The van der Waals surface area contributed by atoms with Gasteiger partial charge in [-0.3, -0.25) is 9.59 Å². The quantitative estimate of drug-likeness (QED) is 0.860. The molecule has 0 saturated carbocycles. The third-order valence-electron chi connectivity index (χ3n) is 4.48. The Labute approximate surface area is 141 Å². The topological polar surface area (TPSA) is 57.6 Å². The lowest BCUT2D eigenvalue weighted by Crippen LogP contribution is -2.37. The Balaban J connectivity index is 1.64. The molecule has 4 nitrogen and oxygen atoms in total. The van der Waals surface area contributed by atoms with E-state index < -0.39 is 0 Å².